The largest absolute Gasteiger partial charge is 0.485 e. The Bertz CT molecular complexity index is 842. The van der Waals surface area contributed by atoms with Gasteiger partial charge in [-0.25, -0.2) is 5.43 Å². The Morgan fingerprint density at radius 1 is 1.28 bits per heavy atom. The number of nitro groups is 2. The van der Waals surface area contributed by atoms with E-state index < -0.39 is 32.9 Å². The molecular formula is C13H9BrN4O7. The Hall–Kier alpha value is -3.28. The van der Waals surface area contributed by atoms with Gasteiger partial charge in [-0.3, -0.25) is 25.0 Å². The van der Waals surface area contributed by atoms with Crippen molar-refractivity contribution in [2.24, 2.45) is 5.10 Å². The number of methoxy groups -OCH3 is 1. The standard InChI is InChI=1S/C13H9BrN4O7/c1-24-12-9(17(20)21)4-7(5-10(12)18(22)23)13(19)16-15-6-8-2-3-11(14)25-8/h2-6H,1H3,(H,16,19). The van der Waals surface area contributed by atoms with Crippen LogP contribution in [-0.2, 0) is 0 Å². The van der Waals surface area contributed by atoms with Crippen molar-refractivity contribution in [3.8, 4) is 5.75 Å². The van der Waals surface area contributed by atoms with Crippen LogP contribution in [0, 0.1) is 20.2 Å². The van der Waals surface area contributed by atoms with E-state index in [0.717, 1.165) is 19.2 Å². The zero-order chi connectivity index (χ0) is 18.6. The predicted octanol–water partition coefficient (Wildman–Crippen LogP) is 2.63. The number of hydrogen-bond acceptors (Lipinski definition) is 8. The summed E-state index contributed by atoms with van der Waals surface area (Å²) < 4.78 is 10.3. The number of hydrogen-bond donors (Lipinski definition) is 1. The lowest BCUT2D eigenvalue weighted by Crippen LogP contribution is -2.18. The lowest BCUT2D eigenvalue weighted by Gasteiger charge is -2.05. The van der Waals surface area contributed by atoms with Crippen LogP contribution in [0.25, 0.3) is 0 Å². The number of benzene rings is 1. The van der Waals surface area contributed by atoms with Gasteiger partial charge in [0.1, 0.15) is 5.76 Å². The molecular weight excluding hydrogens is 404 g/mol. The Morgan fingerprint density at radius 2 is 1.88 bits per heavy atom. The molecule has 0 spiro atoms. The normalized spacial score (nSPS) is 10.6. The maximum absolute atomic E-state index is 12.0. The molecule has 1 amide bonds. The van der Waals surface area contributed by atoms with Gasteiger partial charge in [-0.2, -0.15) is 5.10 Å². The number of furan rings is 1. The molecule has 0 aliphatic heterocycles. The fraction of sp³-hybridized carbons (Fsp3) is 0.0769. The predicted molar refractivity (Wildman–Crippen MR) is 87.8 cm³/mol. The van der Waals surface area contributed by atoms with Crippen molar-refractivity contribution in [3.63, 3.8) is 0 Å². The van der Waals surface area contributed by atoms with Crippen molar-refractivity contribution in [2.75, 3.05) is 7.11 Å². The minimum absolute atomic E-state index is 0.322. The lowest BCUT2D eigenvalue weighted by molar-refractivity contribution is -0.395. The summed E-state index contributed by atoms with van der Waals surface area (Å²) >= 11 is 3.09. The molecule has 0 bridgehead atoms. The number of carbonyl (C=O) groups is 1. The van der Waals surface area contributed by atoms with Crippen LogP contribution >= 0.6 is 15.9 Å². The summed E-state index contributed by atoms with van der Waals surface area (Å²) in [5, 5.41) is 25.7. The van der Waals surface area contributed by atoms with Crippen molar-refractivity contribution >= 4 is 39.4 Å². The molecule has 0 saturated carbocycles. The van der Waals surface area contributed by atoms with Gasteiger partial charge in [-0.05, 0) is 28.1 Å². The second-order valence-electron chi connectivity index (χ2n) is 4.40. The highest BCUT2D eigenvalue weighted by Gasteiger charge is 2.29. The minimum Gasteiger partial charge on any atom is -0.485 e. The molecule has 0 atom stereocenters. The van der Waals surface area contributed by atoms with E-state index in [2.05, 4.69) is 26.5 Å². The monoisotopic (exact) mass is 412 g/mol. The van der Waals surface area contributed by atoms with Gasteiger partial charge >= 0.3 is 11.4 Å². The van der Waals surface area contributed by atoms with Crippen LogP contribution in [0.1, 0.15) is 16.1 Å². The molecule has 11 nitrogen and oxygen atoms in total. The van der Waals surface area contributed by atoms with Gasteiger partial charge in [0.15, 0.2) is 4.67 Å². The molecule has 0 fully saturated rings. The first kappa shape index (κ1) is 18.1. The first-order valence-corrected chi connectivity index (χ1v) is 7.22. The lowest BCUT2D eigenvalue weighted by atomic mass is 10.1. The van der Waals surface area contributed by atoms with E-state index >= 15 is 0 Å². The fourth-order valence-corrected chi connectivity index (χ4v) is 2.15. The number of nitrogens with one attached hydrogen (secondary N) is 1. The summed E-state index contributed by atoms with van der Waals surface area (Å²) in [5.41, 5.74) is 0.358. The Kier molecular flexibility index (Phi) is 5.44. The second kappa shape index (κ2) is 7.53. The molecule has 0 aliphatic rings. The summed E-state index contributed by atoms with van der Waals surface area (Å²) in [6.45, 7) is 0. The van der Waals surface area contributed by atoms with Gasteiger partial charge in [-0.15, -0.1) is 0 Å². The highest BCUT2D eigenvalue weighted by molar-refractivity contribution is 9.10. The number of ether oxygens (including phenoxy) is 1. The van der Waals surface area contributed by atoms with Crippen LogP contribution in [0.15, 0.2) is 38.5 Å². The van der Waals surface area contributed by atoms with Crippen LogP contribution in [0.3, 0.4) is 0 Å². The number of hydrazone groups is 1. The molecule has 1 N–H and O–H groups in total. The highest BCUT2D eigenvalue weighted by atomic mass is 79.9. The van der Waals surface area contributed by atoms with Gasteiger partial charge in [0.2, 0.25) is 0 Å². The quantitative estimate of drug-likeness (QED) is 0.434. The number of nitro benzene ring substituents is 2. The summed E-state index contributed by atoms with van der Waals surface area (Å²) in [6.07, 6.45) is 1.19. The summed E-state index contributed by atoms with van der Waals surface area (Å²) in [6, 6.07) is 4.91. The summed E-state index contributed by atoms with van der Waals surface area (Å²) in [5.74, 6) is -1.09. The van der Waals surface area contributed by atoms with Crippen molar-refractivity contribution in [3.05, 3.63) is 60.5 Å². The van der Waals surface area contributed by atoms with Crippen molar-refractivity contribution in [2.45, 2.75) is 0 Å². The molecule has 0 saturated heterocycles. The van der Waals surface area contributed by atoms with Gasteiger partial charge < -0.3 is 9.15 Å². The number of halogens is 1. The molecule has 0 radical (unpaired) electrons. The third-order valence-corrected chi connectivity index (χ3v) is 3.29. The zero-order valence-electron chi connectivity index (χ0n) is 12.5. The molecule has 2 rings (SSSR count). The average Bonchev–Trinajstić information content (AvgIpc) is 2.98. The third kappa shape index (κ3) is 4.17. The molecule has 1 aromatic heterocycles. The van der Waals surface area contributed by atoms with Crippen LogP contribution in [0.5, 0.6) is 5.75 Å². The number of rotatable bonds is 6. The van der Waals surface area contributed by atoms with Crippen molar-refractivity contribution in [1.29, 1.82) is 0 Å². The molecule has 25 heavy (non-hydrogen) atoms. The van der Waals surface area contributed by atoms with E-state index in [4.69, 9.17) is 9.15 Å². The molecule has 130 valence electrons. The smallest absolute Gasteiger partial charge is 0.319 e. The van der Waals surface area contributed by atoms with Crippen LogP contribution in [0.2, 0.25) is 0 Å². The topological polar surface area (TPSA) is 150 Å². The zero-order valence-corrected chi connectivity index (χ0v) is 14.1. The molecule has 0 aliphatic carbocycles. The van der Waals surface area contributed by atoms with Crippen molar-refractivity contribution in [1.82, 2.24) is 5.43 Å². The van der Waals surface area contributed by atoms with Gasteiger partial charge in [-0.1, -0.05) is 0 Å². The van der Waals surface area contributed by atoms with E-state index in [1.807, 2.05) is 0 Å². The first-order chi connectivity index (χ1) is 11.8. The van der Waals surface area contributed by atoms with E-state index in [0.29, 0.717) is 10.4 Å². The molecule has 12 heteroatoms. The Morgan fingerprint density at radius 3 is 2.32 bits per heavy atom. The Balaban J connectivity index is 2.31. The number of nitrogens with zero attached hydrogens (tertiary/aromatic N) is 3. The maximum Gasteiger partial charge on any atom is 0.319 e. The number of carbonyl (C=O) groups excluding carboxylic acids is 1. The summed E-state index contributed by atoms with van der Waals surface area (Å²) in [7, 11) is 1.06. The van der Waals surface area contributed by atoms with Gasteiger partial charge in [0.25, 0.3) is 11.7 Å². The highest BCUT2D eigenvalue weighted by Crippen LogP contribution is 2.37. The fourth-order valence-electron chi connectivity index (χ4n) is 1.83. The van der Waals surface area contributed by atoms with Gasteiger partial charge in [0, 0.05) is 12.1 Å². The van der Waals surface area contributed by atoms with E-state index in [1.54, 1.807) is 12.1 Å². The summed E-state index contributed by atoms with van der Waals surface area (Å²) in [4.78, 5) is 32.4. The van der Waals surface area contributed by atoms with E-state index in [1.165, 1.54) is 6.21 Å². The molecule has 0 unspecified atom stereocenters. The Labute approximate surface area is 147 Å². The maximum atomic E-state index is 12.0. The van der Waals surface area contributed by atoms with E-state index in [9.17, 15) is 25.0 Å². The third-order valence-electron chi connectivity index (χ3n) is 2.86. The van der Waals surface area contributed by atoms with Crippen molar-refractivity contribution < 1.29 is 23.8 Å². The first-order valence-electron chi connectivity index (χ1n) is 6.43. The van der Waals surface area contributed by atoms with E-state index in [-0.39, 0.29) is 5.56 Å². The SMILES string of the molecule is COc1c([N+](=O)[O-])cc(C(=O)NN=Cc2ccc(Br)o2)cc1[N+](=O)[O-]. The van der Waals surface area contributed by atoms with Crippen LogP contribution in [0.4, 0.5) is 11.4 Å². The number of amides is 1. The van der Waals surface area contributed by atoms with Crippen LogP contribution < -0.4 is 10.2 Å². The van der Waals surface area contributed by atoms with Crippen LogP contribution in [-0.4, -0.2) is 29.1 Å². The molecule has 1 aromatic carbocycles. The second-order valence-corrected chi connectivity index (χ2v) is 5.18. The molecule has 2 aromatic rings. The van der Waals surface area contributed by atoms with Gasteiger partial charge in [0.05, 0.1) is 28.7 Å². The average molecular weight is 413 g/mol. The molecule has 1 heterocycles. The minimum atomic E-state index is -0.883.